The molecule has 0 spiro atoms. The quantitative estimate of drug-likeness (QED) is 0.779. The first-order chi connectivity index (χ1) is 9.50. The average molecular weight is 276 g/mol. The van der Waals surface area contributed by atoms with Gasteiger partial charge >= 0.3 is 0 Å². The number of rotatable bonds is 6. The molecule has 1 aromatic rings. The van der Waals surface area contributed by atoms with Gasteiger partial charge in [0.15, 0.2) is 0 Å². The van der Waals surface area contributed by atoms with Crippen LogP contribution in [-0.4, -0.2) is 24.7 Å². The van der Waals surface area contributed by atoms with Crippen molar-refractivity contribution in [3.05, 3.63) is 23.8 Å². The van der Waals surface area contributed by atoms with Gasteiger partial charge in [-0.1, -0.05) is 19.4 Å². The Kier molecular flexibility index (Phi) is 4.92. The summed E-state index contributed by atoms with van der Waals surface area (Å²) < 4.78 is 5.98. The zero-order valence-corrected chi connectivity index (χ0v) is 13.3. The van der Waals surface area contributed by atoms with Gasteiger partial charge in [-0.25, -0.2) is 0 Å². The molecule has 0 saturated heterocycles. The van der Waals surface area contributed by atoms with Crippen LogP contribution in [0.2, 0.25) is 0 Å². The minimum Gasteiger partial charge on any atom is -0.484 e. The second kappa shape index (κ2) is 6.49. The fourth-order valence-corrected chi connectivity index (χ4v) is 2.52. The fraction of sp³-hybridized carbons (Fsp3) is 0.647. The van der Waals surface area contributed by atoms with Crippen LogP contribution in [0.3, 0.4) is 0 Å². The van der Waals surface area contributed by atoms with Crippen molar-refractivity contribution in [2.75, 3.05) is 18.4 Å². The smallest absolute Gasteiger partial charge is 0.143 e. The molecule has 2 rings (SSSR count). The molecule has 1 aliphatic heterocycles. The summed E-state index contributed by atoms with van der Waals surface area (Å²) >= 11 is 0. The third-order valence-electron chi connectivity index (χ3n) is 3.70. The lowest BCUT2D eigenvalue weighted by molar-refractivity contribution is 0.116. The number of anilines is 1. The Hall–Kier alpha value is -1.22. The summed E-state index contributed by atoms with van der Waals surface area (Å²) in [7, 11) is 0. The summed E-state index contributed by atoms with van der Waals surface area (Å²) in [6.45, 7) is 10.7. The summed E-state index contributed by atoms with van der Waals surface area (Å²) in [6.07, 6.45) is 3.55. The second-order valence-electron chi connectivity index (χ2n) is 6.46. The van der Waals surface area contributed by atoms with E-state index in [0.717, 1.165) is 30.9 Å². The van der Waals surface area contributed by atoms with Crippen molar-refractivity contribution in [1.82, 2.24) is 5.32 Å². The first kappa shape index (κ1) is 15.2. The number of fused-ring (bicyclic) bond motifs is 1. The molecule has 3 heteroatoms. The highest BCUT2D eigenvalue weighted by Gasteiger charge is 2.26. The average Bonchev–Trinajstić information content (AvgIpc) is 2.38. The van der Waals surface area contributed by atoms with Crippen LogP contribution < -0.4 is 15.4 Å². The maximum absolute atomic E-state index is 5.98. The normalized spacial score (nSPS) is 17.8. The highest BCUT2D eigenvalue weighted by Crippen LogP contribution is 2.33. The van der Waals surface area contributed by atoms with Crippen molar-refractivity contribution in [1.29, 1.82) is 0 Å². The summed E-state index contributed by atoms with van der Waals surface area (Å²) in [5, 5.41) is 7.05. The van der Waals surface area contributed by atoms with Gasteiger partial charge in [-0.2, -0.15) is 0 Å². The Labute approximate surface area is 123 Å². The Morgan fingerprint density at radius 1 is 1.40 bits per heavy atom. The molecular weight excluding hydrogens is 248 g/mol. The molecule has 112 valence electrons. The Bertz CT molecular complexity index is 443. The van der Waals surface area contributed by atoms with Crippen LogP contribution in [0.1, 0.15) is 46.1 Å². The molecule has 0 radical (unpaired) electrons. The van der Waals surface area contributed by atoms with Gasteiger partial charge in [-0.3, -0.25) is 0 Å². The van der Waals surface area contributed by atoms with Gasteiger partial charge in [0.1, 0.15) is 11.4 Å². The first-order valence-corrected chi connectivity index (χ1v) is 7.79. The molecule has 1 unspecified atom stereocenters. The van der Waals surface area contributed by atoms with E-state index >= 15 is 0 Å². The van der Waals surface area contributed by atoms with E-state index in [0.29, 0.717) is 6.04 Å². The zero-order valence-electron chi connectivity index (χ0n) is 13.3. The van der Waals surface area contributed by atoms with E-state index < -0.39 is 0 Å². The predicted molar refractivity (Wildman–Crippen MR) is 85.7 cm³/mol. The van der Waals surface area contributed by atoms with Crippen LogP contribution in [0, 0.1) is 0 Å². The minimum atomic E-state index is -0.122. The van der Waals surface area contributed by atoms with Crippen molar-refractivity contribution in [3.8, 4) is 5.75 Å². The van der Waals surface area contributed by atoms with Crippen molar-refractivity contribution < 1.29 is 4.74 Å². The van der Waals surface area contributed by atoms with E-state index in [1.807, 2.05) is 0 Å². The molecule has 1 atom stereocenters. The van der Waals surface area contributed by atoms with Crippen LogP contribution in [0.25, 0.3) is 0 Å². The first-order valence-electron chi connectivity index (χ1n) is 7.79. The SMILES string of the molecule is CCCCNC(C)Cc1ccc2c(c1)NCC(C)(C)O2. The van der Waals surface area contributed by atoms with E-state index in [1.54, 1.807) is 0 Å². The maximum atomic E-state index is 5.98. The molecule has 2 N–H and O–H groups in total. The van der Waals surface area contributed by atoms with Crippen molar-refractivity contribution >= 4 is 5.69 Å². The van der Waals surface area contributed by atoms with E-state index in [-0.39, 0.29) is 5.60 Å². The third kappa shape index (κ3) is 4.14. The molecule has 0 aliphatic carbocycles. The van der Waals surface area contributed by atoms with Crippen LogP contribution in [-0.2, 0) is 6.42 Å². The van der Waals surface area contributed by atoms with Gasteiger partial charge in [0, 0.05) is 6.04 Å². The molecule has 0 saturated carbocycles. The van der Waals surface area contributed by atoms with E-state index in [1.165, 1.54) is 18.4 Å². The second-order valence-corrected chi connectivity index (χ2v) is 6.46. The largest absolute Gasteiger partial charge is 0.484 e. The van der Waals surface area contributed by atoms with Crippen molar-refractivity contribution in [3.63, 3.8) is 0 Å². The van der Waals surface area contributed by atoms with Gasteiger partial charge in [0.25, 0.3) is 0 Å². The Morgan fingerprint density at radius 3 is 2.95 bits per heavy atom. The van der Waals surface area contributed by atoms with Gasteiger partial charge in [-0.15, -0.1) is 0 Å². The lowest BCUT2D eigenvalue weighted by Gasteiger charge is -2.33. The predicted octanol–water partition coefficient (Wildman–Crippen LogP) is 3.59. The highest BCUT2D eigenvalue weighted by atomic mass is 16.5. The fourth-order valence-electron chi connectivity index (χ4n) is 2.52. The van der Waals surface area contributed by atoms with E-state index in [9.17, 15) is 0 Å². The molecule has 0 bridgehead atoms. The summed E-state index contributed by atoms with van der Waals surface area (Å²) in [5.74, 6) is 0.969. The minimum absolute atomic E-state index is 0.122. The number of hydrogen-bond donors (Lipinski definition) is 2. The molecule has 1 heterocycles. The molecule has 0 amide bonds. The van der Waals surface area contributed by atoms with Crippen LogP contribution in [0.15, 0.2) is 18.2 Å². The van der Waals surface area contributed by atoms with Gasteiger partial charge in [-0.05, 0) is 57.9 Å². The van der Waals surface area contributed by atoms with E-state index in [4.69, 9.17) is 4.74 Å². The zero-order chi connectivity index (χ0) is 14.6. The lowest BCUT2D eigenvalue weighted by Crippen LogP contribution is -2.40. The molecule has 20 heavy (non-hydrogen) atoms. The van der Waals surface area contributed by atoms with Crippen molar-refractivity contribution in [2.45, 2.75) is 58.6 Å². The summed E-state index contributed by atoms with van der Waals surface area (Å²) in [6, 6.07) is 7.01. The molecule has 3 nitrogen and oxygen atoms in total. The molecule has 0 aromatic heterocycles. The van der Waals surface area contributed by atoms with Gasteiger partial charge < -0.3 is 15.4 Å². The monoisotopic (exact) mass is 276 g/mol. The number of ether oxygens (including phenoxy) is 1. The molecule has 1 aliphatic rings. The summed E-state index contributed by atoms with van der Waals surface area (Å²) in [5.41, 5.74) is 2.36. The standard InChI is InChI=1S/C17H28N2O/c1-5-6-9-18-13(2)10-14-7-8-16-15(11-14)19-12-17(3,4)20-16/h7-8,11,13,18-19H,5-6,9-10,12H2,1-4H3. The van der Waals surface area contributed by atoms with Gasteiger partial charge in [0.05, 0.1) is 12.2 Å². The summed E-state index contributed by atoms with van der Waals surface area (Å²) in [4.78, 5) is 0. The topological polar surface area (TPSA) is 33.3 Å². The number of unbranched alkanes of at least 4 members (excludes halogenated alkanes) is 1. The highest BCUT2D eigenvalue weighted by molar-refractivity contribution is 5.60. The Balaban J connectivity index is 1.94. The van der Waals surface area contributed by atoms with Crippen LogP contribution in [0.4, 0.5) is 5.69 Å². The molecule has 1 aromatic carbocycles. The number of benzene rings is 1. The Morgan fingerprint density at radius 2 is 2.20 bits per heavy atom. The third-order valence-corrected chi connectivity index (χ3v) is 3.70. The van der Waals surface area contributed by atoms with Crippen LogP contribution in [0.5, 0.6) is 5.75 Å². The molecular formula is C17H28N2O. The van der Waals surface area contributed by atoms with Crippen molar-refractivity contribution in [2.24, 2.45) is 0 Å². The lowest BCUT2D eigenvalue weighted by atomic mass is 10.0. The van der Waals surface area contributed by atoms with Crippen LogP contribution >= 0.6 is 0 Å². The number of hydrogen-bond acceptors (Lipinski definition) is 3. The maximum Gasteiger partial charge on any atom is 0.143 e. The van der Waals surface area contributed by atoms with E-state index in [2.05, 4.69) is 56.5 Å². The molecule has 0 fully saturated rings. The van der Waals surface area contributed by atoms with Gasteiger partial charge in [0.2, 0.25) is 0 Å². The number of nitrogens with one attached hydrogen (secondary N) is 2.